The zero-order valence-corrected chi connectivity index (χ0v) is 64.5. The van der Waals surface area contributed by atoms with E-state index in [0.717, 1.165) is 108 Å². The Bertz CT molecular complexity index is 1860. The van der Waals surface area contributed by atoms with E-state index in [4.69, 9.17) is 37.0 Å². The summed E-state index contributed by atoms with van der Waals surface area (Å²) in [6.07, 6.45) is 56.9. The third kappa shape index (κ3) is 69.2. The van der Waals surface area contributed by atoms with Crippen LogP contribution in [0.3, 0.4) is 0 Å². The average Bonchev–Trinajstić information content (AvgIpc) is 1.45. The molecule has 570 valence electrons. The molecule has 3 N–H and O–H groups in total. The van der Waals surface area contributed by atoms with Crippen molar-refractivity contribution in [3.63, 3.8) is 0 Å². The molecule has 0 aliphatic heterocycles. The molecule has 0 spiro atoms. The smallest absolute Gasteiger partial charge is 0.462 e. The Morgan fingerprint density at radius 3 is 0.792 bits per heavy atom. The van der Waals surface area contributed by atoms with Crippen molar-refractivity contribution in [2.45, 2.75) is 419 Å². The number of phosphoric ester groups is 2. The monoisotopic (exact) mass is 1410 g/mol. The minimum atomic E-state index is -4.96. The highest BCUT2D eigenvalue weighted by molar-refractivity contribution is 7.47. The van der Waals surface area contributed by atoms with Gasteiger partial charge in [0.15, 0.2) is 12.2 Å². The van der Waals surface area contributed by atoms with Crippen LogP contribution in [0, 0.1) is 11.8 Å². The lowest BCUT2D eigenvalue weighted by Crippen LogP contribution is -2.30. The van der Waals surface area contributed by atoms with Crippen molar-refractivity contribution in [2.75, 3.05) is 39.6 Å². The molecule has 96 heavy (non-hydrogen) atoms. The molecule has 3 unspecified atom stereocenters. The van der Waals surface area contributed by atoms with E-state index >= 15 is 0 Å². The van der Waals surface area contributed by atoms with Gasteiger partial charge in [0, 0.05) is 25.7 Å². The van der Waals surface area contributed by atoms with Gasteiger partial charge in [0.25, 0.3) is 0 Å². The van der Waals surface area contributed by atoms with Gasteiger partial charge in [-0.05, 0) is 37.5 Å². The molecule has 0 heterocycles. The van der Waals surface area contributed by atoms with Gasteiger partial charge in [-0.2, -0.15) is 0 Å². The Morgan fingerprint density at radius 1 is 0.302 bits per heavy atom. The second-order valence-corrected chi connectivity index (χ2v) is 31.4. The number of esters is 4. The lowest BCUT2D eigenvalue weighted by Gasteiger charge is -2.21. The summed E-state index contributed by atoms with van der Waals surface area (Å²) in [5, 5.41) is 10.6. The van der Waals surface area contributed by atoms with Crippen LogP contribution in [-0.2, 0) is 65.4 Å². The van der Waals surface area contributed by atoms with E-state index in [-0.39, 0.29) is 25.7 Å². The van der Waals surface area contributed by atoms with Crippen LogP contribution in [0.5, 0.6) is 0 Å². The number of aliphatic hydroxyl groups excluding tert-OH is 1. The summed E-state index contributed by atoms with van der Waals surface area (Å²) in [6.45, 7) is 9.58. The molecule has 0 radical (unpaired) electrons. The lowest BCUT2D eigenvalue weighted by molar-refractivity contribution is -0.161. The highest BCUT2D eigenvalue weighted by atomic mass is 31.2. The van der Waals surface area contributed by atoms with Crippen molar-refractivity contribution in [3.05, 3.63) is 0 Å². The van der Waals surface area contributed by atoms with E-state index in [0.29, 0.717) is 25.7 Å². The highest BCUT2D eigenvalue weighted by Gasteiger charge is 2.30. The molecule has 0 saturated carbocycles. The summed E-state index contributed by atoms with van der Waals surface area (Å²) < 4.78 is 68.5. The molecular formula is C77H150O17P2. The zero-order valence-electron chi connectivity index (χ0n) is 62.7. The van der Waals surface area contributed by atoms with Gasteiger partial charge in [-0.1, -0.05) is 350 Å². The third-order valence-electron chi connectivity index (χ3n) is 18.3. The van der Waals surface area contributed by atoms with Gasteiger partial charge in [-0.3, -0.25) is 37.3 Å². The van der Waals surface area contributed by atoms with Crippen molar-refractivity contribution in [2.24, 2.45) is 11.8 Å². The van der Waals surface area contributed by atoms with Crippen molar-refractivity contribution in [1.82, 2.24) is 0 Å². The first kappa shape index (κ1) is 94.1. The van der Waals surface area contributed by atoms with Gasteiger partial charge in [0.05, 0.1) is 26.4 Å². The minimum absolute atomic E-state index is 0.106. The van der Waals surface area contributed by atoms with Crippen LogP contribution in [0.4, 0.5) is 0 Å². The lowest BCUT2D eigenvalue weighted by atomic mass is 10.00. The first-order valence-corrected chi connectivity index (χ1v) is 43.0. The fourth-order valence-electron chi connectivity index (χ4n) is 11.8. The van der Waals surface area contributed by atoms with Crippen LogP contribution < -0.4 is 0 Å². The topological polar surface area (TPSA) is 237 Å². The predicted octanol–water partition coefficient (Wildman–Crippen LogP) is 22.7. The van der Waals surface area contributed by atoms with Gasteiger partial charge in [0.1, 0.15) is 19.3 Å². The summed E-state index contributed by atoms with van der Waals surface area (Å²) >= 11 is 0. The molecule has 0 rings (SSSR count). The molecule has 0 aliphatic carbocycles. The van der Waals surface area contributed by atoms with Crippen LogP contribution in [0.1, 0.15) is 401 Å². The van der Waals surface area contributed by atoms with E-state index in [9.17, 15) is 43.2 Å². The zero-order chi connectivity index (χ0) is 70.7. The van der Waals surface area contributed by atoms with Crippen LogP contribution in [0.2, 0.25) is 0 Å². The van der Waals surface area contributed by atoms with Crippen molar-refractivity contribution in [1.29, 1.82) is 0 Å². The second-order valence-electron chi connectivity index (χ2n) is 28.5. The first-order chi connectivity index (χ1) is 46.4. The van der Waals surface area contributed by atoms with Gasteiger partial charge in [0.2, 0.25) is 0 Å². The molecule has 0 aliphatic rings. The summed E-state index contributed by atoms with van der Waals surface area (Å²) in [4.78, 5) is 72.8. The molecule has 0 saturated heterocycles. The first-order valence-electron chi connectivity index (χ1n) is 40.0. The van der Waals surface area contributed by atoms with Crippen molar-refractivity contribution in [3.8, 4) is 0 Å². The molecule has 0 bridgehead atoms. The van der Waals surface area contributed by atoms with Gasteiger partial charge < -0.3 is 33.8 Å². The third-order valence-corrected chi connectivity index (χ3v) is 20.2. The normalized spacial score (nSPS) is 14.3. The molecule has 0 aromatic carbocycles. The summed E-state index contributed by atoms with van der Waals surface area (Å²) in [5.41, 5.74) is 0. The maximum Gasteiger partial charge on any atom is 0.472 e. The number of carbonyl (C=O) groups excluding carboxylic acids is 4. The van der Waals surface area contributed by atoms with E-state index in [1.54, 1.807) is 0 Å². The van der Waals surface area contributed by atoms with Crippen LogP contribution >= 0.6 is 15.6 Å². The molecule has 0 aromatic rings. The van der Waals surface area contributed by atoms with Crippen LogP contribution in [0.15, 0.2) is 0 Å². The molecule has 17 nitrogen and oxygen atoms in total. The number of ether oxygens (including phenoxy) is 4. The minimum Gasteiger partial charge on any atom is -0.462 e. The van der Waals surface area contributed by atoms with Gasteiger partial charge >= 0.3 is 39.5 Å². The Balaban J connectivity index is 5.23. The maximum atomic E-state index is 13.1. The number of hydrogen-bond donors (Lipinski definition) is 3. The van der Waals surface area contributed by atoms with E-state index in [1.165, 1.54) is 212 Å². The number of aliphatic hydroxyl groups is 1. The van der Waals surface area contributed by atoms with Crippen molar-refractivity contribution >= 4 is 39.5 Å². The number of unbranched alkanes of at least 4 members (excludes halogenated alkanes) is 45. The molecule has 0 fully saturated rings. The fourth-order valence-corrected chi connectivity index (χ4v) is 13.4. The quantitative estimate of drug-likeness (QED) is 0.0222. The summed E-state index contributed by atoms with van der Waals surface area (Å²) in [7, 11) is -9.91. The Hall–Kier alpha value is -1.94. The molecule has 0 aromatic heterocycles. The standard InChI is InChI=1S/C77H150O17P2/c1-7-10-12-14-16-18-20-21-22-23-24-25-26-29-34-38-42-50-56-62-77(82)93-72(65-87-74(79)59-53-47-40-36-33-30-27-28-32-35-39-45-51-57-69(4)5)67-91-95(83,84)89-63-71(78)64-90-96(85,86)92-68-73(66-88-75(80)60-54-48-44-43-46-52-58-70(6)9-3)94-76(81)61-55-49-41-37-31-19-17-15-13-11-8-2/h69-73,78H,7-68H2,1-6H3,(H,83,84)(H,85,86)/t70?,71-,72-,73-/m1/s1. The Morgan fingerprint density at radius 2 is 0.531 bits per heavy atom. The Labute approximate surface area is 588 Å². The van der Waals surface area contributed by atoms with E-state index < -0.39 is 97.5 Å². The molecule has 19 heteroatoms. The number of hydrogen-bond acceptors (Lipinski definition) is 15. The molecule has 0 amide bonds. The van der Waals surface area contributed by atoms with E-state index in [1.807, 2.05) is 0 Å². The SMILES string of the molecule is CCCCCCCCCCCCCCCCCCCCCC(=O)O[C@H](COC(=O)CCCCCCCCCCCCCCCC(C)C)COP(=O)(O)OC[C@@H](O)COP(=O)(O)OC[C@@H](COC(=O)CCCCCCCCC(C)CC)OC(=O)CCCCCCCCCCCCC. The van der Waals surface area contributed by atoms with Gasteiger partial charge in [-0.15, -0.1) is 0 Å². The van der Waals surface area contributed by atoms with E-state index in [2.05, 4.69) is 41.5 Å². The van der Waals surface area contributed by atoms with Crippen LogP contribution in [-0.4, -0.2) is 96.7 Å². The maximum absolute atomic E-state index is 13.1. The summed E-state index contributed by atoms with van der Waals surface area (Å²) in [6, 6.07) is 0. The highest BCUT2D eigenvalue weighted by Crippen LogP contribution is 2.45. The van der Waals surface area contributed by atoms with Crippen molar-refractivity contribution < 1.29 is 80.2 Å². The molecule has 6 atom stereocenters. The second kappa shape index (κ2) is 68.8. The number of phosphoric acid groups is 2. The average molecular weight is 1410 g/mol. The van der Waals surface area contributed by atoms with Crippen LogP contribution in [0.25, 0.3) is 0 Å². The number of carbonyl (C=O) groups is 4. The predicted molar refractivity (Wildman–Crippen MR) is 391 cm³/mol. The molecular weight excluding hydrogens is 1260 g/mol. The van der Waals surface area contributed by atoms with Gasteiger partial charge in [-0.25, -0.2) is 9.13 Å². The largest absolute Gasteiger partial charge is 0.472 e. The summed E-state index contributed by atoms with van der Waals surface area (Å²) in [5.74, 6) is -0.592. The fraction of sp³-hybridized carbons (Fsp3) is 0.948. The Kier molecular flexibility index (Phi) is 67.4. The number of rotatable bonds is 76.